The number of benzene rings is 2. The van der Waals surface area contributed by atoms with E-state index >= 15 is 0 Å². The summed E-state index contributed by atoms with van der Waals surface area (Å²) in [5.41, 5.74) is 0.533. The molecule has 118 valence electrons. The average Bonchev–Trinajstić information content (AvgIpc) is 2.47. The van der Waals surface area contributed by atoms with Crippen molar-refractivity contribution in [3.63, 3.8) is 0 Å². The van der Waals surface area contributed by atoms with Crippen LogP contribution in [0.25, 0.3) is 5.57 Å². The van der Waals surface area contributed by atoms with Gasteiger partial charge in [-0.1, -0.05) is 0 Å². The molecular weight excluding hydrogens is 309 g/mol. The second kappa shape index (κ2) is 5.46. The predicted molar refractivity (Wildman–Crippen MR) is 76.9 cm³/mol. The maximum Gasteiger partial charge on any atom is 0.335 e. The van der Waals surface area contributed by atoms with Gasteiger partial charge in [-0.3, -0.25) is 0 Å². The van der Waals surface area contributed by atoms with Gasteiger partial charge in [0, 0.05) is 23.3 Å². The monoisotopic (exact) mass is 320 g/mol. The maximum absolute atomic E-state index is 14.2. The van der Waals surface area contributed by atoms with Crippen LogP contribution in [-0.2, 0) is 0 Å². The fourth-order valence-corrected chi connectivity index (χ4v) is 2.60. The first-order chi connectivity index (χ1) is 10.9. The Balaban J connectivity index is 2.29. The average molecular weight is 320 g/mol. The Hall–Kier alpha value is -2.76. The predicted octanol–water partition coefficient (Wildman–Crippen LogP) is 4.02. The molecule has 1 aliphatic heterocycles. The molecule has 0 saturated heterocycles. The lowest BCUT2D eigenvalue weighted by molar-refractivity contribution is 0.0697. The van der Waals surface area contributed by atoms with E-state index in [0.717, 1.165) is 0 Å². The minimum absolute atomic E-state index is 0.0394. The Morgan fingerprint density at radius 2 is 1.78 bits per heavy atom. The topological polar surface area (TPSA) is 46.5 Å². The van der Waals surface area contributed by atoms with Crippen LogP contribution in [0.1, 0.15) is 28.4 Å². The lowest BCUT2D eigenvalue weighted by Crippen LogP contribution is -2.13. The summed E-state index contributed by atoms with van der Waals surface area (Å²) in [5.74, 6) is -3.97. The molecule has 6 heteroatoms. The van der Waals surface area contributed by atoms with E-state index in [1.54, 1.807) is 6.92 Å². The summed E-state index contributed by atoms with van der Waals surface area (Å²) in [6.07, 6.45) is 0. The van der Waals surface area contributed by atoms with Crippen molar-refractivity contribution in [3.8, 4) is 5.75 Å². The number of carboxylic acid groups (broad SMARTS) is 1. The molecule has 2 aromatic rings. The molecule has 1 heterocycles. The lowest BCUT2D eigenvalue weighted by Gasteiger charge is -2.23. The summed E-state index contributed by atoms with van der Waals surface area (Å²) in [6.45, 7) is 1.72. The third-order valence-electron chi connectivity index (χ3n) is 3.62. The number of rotatable bonds is 2. The fraction of sp³-hybridized carbons (Fsp3) is 0.118. The van der Waals surface area contributed by atoms with Crippen LogP contribution in [0, 0.1) is 17.5 Å². The number of halogens is 3. The van der Waals surface area contributed by atoms with E-state index in [2.05, 4.69) is 0 Å². The largest absolute Gasteiger partial charge is 0.489 e. The van der Waals surface area contributed by atoms with E-state index in [-0.39, 0.29) is 23.3 Å². The standard InChI is InChI=1S/C17H11F3O3/c1-8-7-23-14-3-2-9(17(21)22)4-11(14)15(8)16-12(19)5-10(18)6-13(16)20/h2-6H,7H2,1H3,(H,21,22). The second-order valence-electron chi connectivity index (χ2n) is 5.20. The molecule has 0 amide bonds. The SMILES string of the molecule is CC1=C(c2c(F)cc(F)cc2F)c2cc(C(=O)O)ccc2OC1. The highest BCUT2D eigenvalue weighted by Crippen LogP contribution is 2.39. The number of aromatic carboxylic acids is 1. The van der Waals surface area contributed by atoms with Crippen LogP contribution < -0.4 is 4.74 Å². The highest BCUT2D eigenvalue weighted by atomic mass is 19.1. The summed E-state index contributed by atoms with van der Waals surface area (Å²) in [6, 6.07) is 5.25. The van der Waals surface area contributed by atoms with E-state index in [9.17, 15) is 18.0 Å². The zero-order valence-electron chi connectivity index (χ0n) is 12.0. The van der Waals surface area contributed by atoms with Crippen molar-refractivity contribution in [1.82, 2.24) is 0 Å². The Bertz CT molecular complexity index is 833. The van der Waals surface area contributed by atoms with Gasteiger partial charge in [0.1, 0.15) is 29.8 Å². The molecule has 3 nitrogen and oxygen atoms in total. The van der Waals surface area contributed by atoms with Gasteiger partial charge in [0.15, 0.2) is 0 Å². The molecule has 1 N–H and O–H groups in total. The number of hydrogen-bond donors (Lipinski definition) is 1. The number of ether oxygens (including phenoxy) is 1. The highest BCUT2D eigenvalue weighted by Gasteiger charge is 2.26. The van der Waals surface area contributed by atoms with Crippen molar-refractivity contribution in [1.29, 1.82) is 0 Å². The summed E-state index contributed by atoms with van der Waals surface area (Å²) in [4.78, 5) is 11.1. The summed E-state index contributed by atoms with van der Waals surface area (Å²) in [5, 5.41) is 9.10. The molecule has 0 bridgehead atoms. The van der Waals surface area contributed by atoms with Crippen molar-refractivity contribution in [3.05, 3.63) is 70.0 Å². The van der Waals surface area contributed by atoms with Gasteiger partial charge < -0.3 is 9.84 Å². The molecule has 0 atom stereocenters. The Morgan fingerprint density at radius 3 is 2.39 bits per heavy atom. The molecule has 2 aromatic carbocycles. The van der Waals surface area contributed by atoms with E-state index in [0.29, 0.717) is 23.5 Å². The van der Waals surface area contributed by atoms with Crippen molar-refractivity contribution < 1.29 is 27.8 Å². The molecular formula is C17H11F3O3. The van der Waals surface area contributed by atoms with Gasteiger partial charge >= 0.3 is 5.97 Å². The number of carboxylic acids is 1. The summed E-state index contributed by atoms with van der Waals surface area (Å²) >= 11 is 0. The second-order valence-corrected chi connectivity index (χ2v) is 5.20. The van der Waals surface area contributed by atoms with E-state index in [4.69, 9.17) is 9.84 Å². The molecule has 3 rings (SSSR count). The van der Waals surface area contributed by atoms with Crippen molar-refractivity contribution in [2.24, 2.45) is 0 Å². The van der Waals surface area contributed by atoms with Gasteiger partial charge in [-0.25, -0.2) is 18.0 Å². The first-order valence-electron chi connectivity index (χ1n) is 6.73. The van der Waals surface area contributed by atoms with Crippen LogP contribution >= 0.6 is 0 Å². The van der Waals surface area contributed by atoms with E-state index in [1.165, 1.54) is 18.2 Å². The van der Waals surface area contributed by atoms with E-state index in [1.807, 2.05) is 0 Å². The molecule has 1 aliphatic rings. The maximum atomic E-state index is 14.2. The normalized spacial score (nSPS) is 13.6. The van der Waals surface area contributed by atoms with Gasteiger partial charge in [-0.05, 0) is 30.7 Å². The highest BCUT2D eigenvalue weighted by molar-refractivity contribution is 5.93. The Morgan fingerprint density at radius 1 is 1.13 bits per heavy atom. The van der Waals surface area contributed by atoms with Gasteiger partial charge in [0.2, 0.25) is 0 Å². The number of fused-ring (bicyclic) bond motifs is 1. The smallest absolute Gasteiger partial charge is 0.335 e. The van der Waals surface area contributed by atoms with Crippen LogP contribution in [0.2, 0.25) is 0 Å². The van der Waals surface area contributed by atoms with E-state index < -0.39 is 29.0 Å². The lowest BCUT2D eigenvalue weighted by atomic mass is 9.89. The van der Waals surface area contributed by atoms with Gasteiger partial charge in [0.25, 0.3) is 0 Å². The van der Waals surface area contributed by atoms with Crippen LogP contribution in [0.4, 0.5) is 13.2 Å². The third-order valence-corrected chi connectivity index (χ3v) is 3.62. The van der Waals surface area contributed by atoms with Gasteiger partial charge in [-0.15, -0.1) is 0 Å². The summed E-state index contributed by atoms with van der Waals surface area (Å²) < 4.78 is 46.9. The Kier molecular flexibility index (Phi) is 3.60. The van der Waals surface area contributed by atoms with Crippen LogP contribution in [0.3, 0.4) is 0 Å². The van der Waals surface area contributed by atoms with Crippen molar-refractivity contribution >= 4 is 11.5 Å². The number of hydrogen-bond acceptors (Lipinski definition) is 2. The first-order valence-corrected chi connectivity index (χ1v) is 6.73. The zero-order valence-corrected chi connectivity index (χ0v) is 12.0. The molecule has 0 fully saturated rings. The molecule has 23 heavy (non-hydrogen) atoms. The van der Waals surface area contributed by atoms with Crippen LogP contribution in [-0.4, -0.2) is 17.7 Å². The quantitative estimate of drug-likeness (QED) is 0.909. The molecule has 0 spiro atoms. The van der Waals surface area contributed by atoms with Crippen LogP contribution in [0.15, 0.2) is 35.9 Å². The van der Waals surface area contributed by atoms with Crippen LogP contribution in [0.5, 0.6) is 5.75 Å². The minimum atomic E-state index is -1.17. The van der Waals surface area contributed by atoms with Crippen molar-refractivity contribution in [2.45, 2.75) is 6.92 Å². The fourth-order valence-electron chi connectivity index (χ4n) is 2.60. The first kappa shape index (κ1) is 15.1. The molecule has 0 saturated carbocycles. The minimum Gasteiger partial charge on any atom is -0.489 e. The Labute approximate surface area is 129 Å². The molecule has 0 radical (unpaired) electrons. The third kappa shape index (κ3) is 2.56. The molecule has 0 aromatic heterocycles. The summed E-state index contributed by atoms with van der Waals surface area (Å²) in [7, 11) is 0. The zero-order chi connectivity index (χ0) is 16.7. The van der Waals surface area contributed by atoms with Gasteiger partial charge in [0.05, 0.1) is 11.1 Å². The molecule has 0 aliphatic carbocycles. The van der Waals surface area contributed by atoms with Gasteiger partial charge in [-0.2, -0.15) is 0 Å². The molecule has 0 unspecified atom stereocenters. The number of carbonyl (C=O) groups is 1. The van der Waals surface area contributed by atoms with Crippen molar-refractivity contribution in [2.75, 3.05) is 6.61 Å².